The standard InChI is InChI=1S/C26H18F2N2O4/c1-13-3-7-15(8-4-13)11-29-23(31)17-18(24(29)32)22(28)20-19(21(17)27)25(33)30(26(20)34)12-16-9-5-14(2)6-10-16/h3-10H,11-12H2,1-2H3. The molecule has 8 heteroatoms. The Morgan fingerprint density at radius 1 is 0.529 bits per heavy atom. The van der Waals surface area contributed by atoms with Crippen molar-refractivity contribution >= 4 is 21.5 Å². The molecule has 5 rings (SSSR count). The third-order valence-corrected chi connectivity index (χ3v) is 6.14. The highest BCUT2D eigenvalue weighted by molar-refractivity contribution is 5.99. The Hall–Kier alpha value is -4.20. The molecule has 5 aromatic rings. The van der Waals surface area contributed by atoms with Crippen LogP contribution in [0.1, 0.15) is 22.3 Å². The molecule has 0 bridgehead atoms. The number of rotatable bonds is 4. The van der Waals surface area contributed by atoms with Gasteiger partial charge in [0, 0.05) is 0 Å². The highest BCUT2D eigenvalue weighted by Gasteiger charge is 2.29. The van der Waals surface area contributed by atoms with E-state index in [2.05, 4.69) is 0 Å². The molecular weight excluding hydrogens is 442 g/mol. The van der Waals surface area contributed by atoms with Crippen molar-refractivity contribution in [3.63, 3.8) is 0 Å². The first-order valence-electron chi connectivity index (χ1n) is 10.6. The van der Waals surface area contributed by atoms with Crippen molar-refractivity contribution in [3.05, 3.63) is 124 Å². The second-order valence-electron chi connectivity index (χ2n) is 8.49. The molecule has 3 aromatic carbocycles. The number of halogens is 2. The van der Waals surface area contributed by atoms with Gasteiger partial charge < -0.3 is 0 Å². The zero-order chi connectivity index (χ0) is 24.3. The summed E-state index contributed by atoms with van der Waals surface area (Å²) >= 11 is 0. The molecule has 0 aliphatic rings. The number of aryl methyl sites for hydroxylation is 2. The van der Waals surface area contributed by atoms with Crippen LogP contribution in [-0.4, -0.2) is 9.13 Å². The normalized spacial score (nSPS) is 11.6. The molecule has 0 unspecified atom stereocenters. The summed E-state index contributed by atoms with van der Waals surface area (Å²) in [4.78, 5) is 51.7. The van der Waals surface area contributed by atoms with Crippen LogP contribution in [0.3, 0.4) is 0 Å². The summed E-state index contributed by atoms with van der Waals surface area (Å²) in [5.74, 6) is -2.69. The van der Waals surface area contributed by atoms with Crippen LogP contribution in [0.25, 0.3) is 21.5 Å². The third kappa shape index (κ3) is 3.14. The second kappa shape index (κ2) is 7.69. The summed E-state index contributed by atoms with van der Waals surface area (Å²) in [6, 6.07) is 13.9. The van der Waals surface area contributed by atoms with Gasteiger partial charge in [0.25, 0.3) is 22.2 Å². The summed E-state index contributed by atoms with van der Waals surface area (Å²) in [6.45, 7) is 3.34. The van der Waals surface area contributed by atoms with Crippen LogP contribution in [0.2, 0.25) is 0 Å². The molecule has 6 nitrogen and oxygen atoms in total. The summed E-state index contributed by atoms with van der Waals surface area (Å²) in [6.07, 6.45) is 0. The summed E-state index contributed by atoms with van der Waals surface area (Å²) in [5.41, 5.74) is -1.07. The van der Waals surface area contributed by atoms with Gasteiger partial charge in [0.1, 0.15) is 0 Å². The van der Waals surface area contributed by atoms with Gasteiger partial charge in [0.15, 0.2) is 11.6 Å². The lowest BCUT2D eigenvalue weighted by molar-refractivity contribution is 0.634. The van der Waals surface area contributed by atoms with Gasteiger partial charge >= 0.3 is 0 Å². The van der Waals surface area contributed by atoms with Crippen LogP contribution < -0.4 is 22.2 Å². The Morgan fingerprint density at radius 2 is 0.794 bits per heavy atom. The maximum atomic E-state index is 15.5. The molecule has 0 N–H and O–H groups in total. The minimum atomic E-state index is -1.35. The van der Waals surface area contributed by atoms with Gasteiger partial charge in [-0.1, -0.05) is 59.7 Å². The molecule has 0 atom stereocenters. The van der Waals surface area contributed by atoms with Gasteiger partial charge in [-0.05, 0) is 25.0 Å². The van der Waals surface area contributed by atoms with E-state index < -0.39 is 55.4 Å². The van der Waals surface area contributed by atoms with E-state index in [1.807, 2.05) is 13.8 Å². The van der Waals surface area contributed by atoms with Gasteiger partial charge in [0.2, 0.25) is 0 Å². The van der Waals surface area contributed by atoms with Crippen LogP contribution in [0.5, 0.6) is 0 Å². The Morgan fingerprint density at radius 3 is 1.06 bits per heavy atom. The average Bonchev–Trinajstić information content (AvgIpc) is 3.21. The van der Waals surface area contributed by atoms with Gasteiger partial charge in [-0.15, -0.1) is 0 Å². The molecule has 0 amide bonds. The lowest BCUT2D eigenvalue weighted by atomic mass is 10.1. The molecule has 2 heterocycles. The van der Waals surface area contributed by atoms with Crippen LogP contribution in [0.15, 0.2) is 67.7 Å². The van der Waals surface area contributed by atoms with Crippen LogP contribution in [0, 0.1) is 25.5 Å². The zero-order valence-corrected chi connectivity index (χ0v) is 18.3. The molecule has 0 radical (unpaired) electrons. The Kier molecular flexibility index (Phi) is 4.89. The molecular formula is C26H18F2N2O4. The fraction of sp³-hybridized carbons (Fsp3) is 0.154. The molecule has 0 spiro atoms. The summed E-state index contributed by atoms with van der Waals surface area (Å²) < 4.78 is 32.4. The average molecular weight is 460 g/mol. The fourth-order valence-electron chi connectivity index (χ4n) is 4.26. The zero-order valence-electron chi connectivity index (χ0n) is 18.3. The summed E-state index contributed by atoms with van der Waals surface area (Å²) in [5, 5.41) is -3.25. The first kappa shape index (κ1) is 21.6. The van der Waals surface area contributed by atoms with Gasteiger partial charge in [-0.3, -0.25) is 28.3 Å². The molecule has 0 saturated carbocycles. The van der Waals surface area contributed by atoms with Crippen molar-refractivity contribution in [3.8, 4) is 0 Å². The number of benzene rings is 3. The predicted molar refractivity (Wildman–Crippen MR) is 125 cm³/mol. The lowest BCUT2D eigenvalue weighted by Crippen LogP contribution is -2.27. The van der Waals surface area contributed by atoms with E-state index in [4.69, 9.17) is 0 Å². The highest BCUT2D eigenvalue weighted by Crippen LogP contribution is 2.24. The van der Waals surface area contributed by atoms with E-state index in [1.165, 1.54) is 0 Å². The Balaban J connectivity index is 1.75. The number of nitrogens with zero attached hydrogens (tertiary/aromatic N) is 2. The molecule has 0 saturated heterocycles. The van der Waals surface area contributed by atoms with Crippen molar-refractivity contribution in [2.24, 2.45) is 0 Å². The van der Waals surface area contributed by atoms with E-state index in [-0.39, 0.29) is 13.1 Å². The smallest absolute Gasteiger partial charge is 0.264 e. The monoisotopic (exact) mass is 460 g/mol. The topological polar surface area (TPSA) is 78.1 Å². The van der Waals surface area contributed by atoms with Crippen molar-refractivity contribution in [1.29, 1.82) is 0 Å². The highest BCUT2D eigenvalue weighted by atomic mass is 19.1. The minimum absolute atomic E-state index is 0.197. The number of fused-ring (bicyclic) bond motifs is 2. The van der Waals surface area contributed by atoms with E-state index in [9.17, 15) is 19.2 Å². The van der Waals surface area contributed by atoms with Crippen molar-refractivity contribution in [1.82, 2.24) is 9.13 Å². The van der Waals surface area contributed by atoms with E-state index in [0.29, 0.717) is 11.1 Å². The van der Waals surface area contributed by atoms with E-state index in [0.717, 1.165) is 20.3 Å². The second-order valence-corrected chi connectivity index (χ2v) is 8.49. The fourth-order valence-corrected chi connectivity index (χ4v) is 4.26. The Bertz CT molecular complexity index is 1590. The van der Waals surface area contributed by atoms with Crippen LogP contribution in [-0.2, 0) is 13.1 Å². The molecule has 0 aliphatic carbocycles. The van der Waals surface area contributed by atoms with Crippen LogP contribution >= 0.6 is 0 Å². The molecule has 170 valence electrons. The van der Waals surface area contributed by atoms with Crippen molar-refractivity contribution in [2.75, 3.05) is 0 Å². The Labute approximate surface area is 190 Å². The van der Waals surface area contributed by atoms with Gasteiger partial charge in [-0.25, -0.2) is 8.78 Å². The third-order valence-electron chi connectivity index (χ3n) is 6.14. The number of hydrogen-bond acceptors (Lipinski definition) is 4. The number of hydrogen-bond donors (Lipinski definition) is 0. The predicted octanol–water partition coefficient (Wildman–Crippen LogP) is 2.90. The van der Waals surface area contributed by atoms with Crippen molar-refractivity contribution in [2.45, 2.75) is 26.9 Å². The van der Waals surface area contributed by atoms with E-state index >= 15 is 8.78 Å². The van der Waals surface area contributed by atoms with Crippen LogP contribution in [0.4, 0.5) is 8.78 Å². The first-order valence-corrected chi connectivity index (χ1v) is 10.6. The number of aromatic nitrogens is 2. The SMILES string of the molecule is Cc1ccc(Cn2c(=O)c3c(F)c4c(=O)n(Cc5ccc(C)cc5)c(=O)c4c(F)c3c2=O)cc1. The molecule has 2 aromatic heterocycles. The largest absolute Gasteiger partial charge is 0.270 e. The maximum absolute atomic E-state index is 15.5. The molecule has 0 aliphatic heterocycles. The summed E-state index contributed by atoms with van der Waals surface area (Å²) in [7, 11) is 0. The van der Waals surface area contributed by atoms with Gasteiger partial charge in [0.05, 0.1) is 34.6 Å². The quantitative estimate of drug-likeness (QED) is 0.413. The van der Waals surface area contributed by atoms with E-state index in [1.54, 1.807) is 48.5 Å². The van der Waals surface area contributed by atoms with Crippen molar-refractivity contribution < 1.29 is 8.78 Å². The maximum Gasteiger partial charge on any atom is 0.264 e. The molecule has 0 fully saturated rings. The lowest BCUT2D eigenvalue weighted by Gasteiger charge is -2.02. The first-order chi connectivity index (χ1) is 16.2. The van der Waals surface area contributed by atoms with Gasteiger partial charge in [-0.2, -0.15) is 0 Å². The molecule has 34 heavy (non-hydrogen) atoms. The minimum Gasteiger partial charge on any atom is -0.270 e.